The van der Waals surface area contributed by atoms with Crippen LogP contribution in [0.4, 0.5) is 0 Å². The molecule has 1 aromatic heterocycles. The van der Waals surface area contributed by atoms with Gasteiger partial charge in [-0.25, -0.2) is 4.79 Å². The maximum absolute atomic E-state index is 12.5. The molecule has 2 N–H and O–H groups in total. The fourth-order valence-electron chi connectivity index (χ4n) is 2.71. The summed E-state index contributed by atoms with van der Waals surface area (Å²) in [6.07, 6.45) is 1.81. The number of carbonyl (C=O) groups is 1. The van der Waals surface area contributed by atoms with Gasteiger partial charge in [-0.05, 0) is 25.0 Å². The van der Waals surface area contributed by atoms with E-state index in [2.05, 4.69) is 0 Å². The number of hydrogen-bond donors (Lipinski definition) is 1. The summed E-state index contributed by atoms with van der Waals surface area (Å²) in [6, 6.07) is 8.79. The van der Waals surface area contributed by atoms with Crippen LogP contribution in [0.1, 0.15) is 23.2 Å². The third kappa shape index (κ3) is 2.10. The molecule has 104 valence electrons. The number of likely N-dealkylation sites (tertiary alicyclic amines) is 1. The largest absolute Gasteiger partial charge is 0.422 e. The van der Waals surface area contributed by atoms with E-state index in [9.17, 15) is 9.59 Å². The van der Waals surface area contributed by atoms with Crippen LogP contribution in [-0.2, 0) is 0 Å². The summed E-state index contributed by atoms with van der Waals surface area (Å²) < 4.78 is 5.21. The zero-order chi connectivity index (χ0) is 14.1. The highest BCUT2D eigenvalue weighted by Crippen LogP contribution is 2.20. The van der Waals surface area contributed by atoms with E-state index in [0.29, 0.717) is 18.7 Å². The summed E-state index contributed by atoms with van der Waals surface area (Å²) in [7, 11) is 0. The van der Waals surface area contributed by atoms with E-state index in [4.69, 9.17) is 10.2 Å². The van der Waals surface area contributed by atoms with Crippen molar-refractivity contribution in [1.29, 1.82) is 0 Å². The van der Waals surface area contributed by atoms with Crippen LogP contribution in [0.3, 0.4) is 0 Å². The van der Waals surface area contributed by atoms with Crippen molar-refractivity contribution in [3.05, 3.63) is 46.3 Å². The molecule has 1 atom stereocenters. The molecule has 1 amide bonds. The molecular formula is C15H16N2O3. The molecule has 5 nitrogen and oxygen atoms in total. The Morgan fingerprint density at radius 2 is 2.20 bits per heavy atom. The predicted octanol–water partition coefficient (Wildman–Crippen LogP) is 1.36. The number of para-hydroxylation sites is 1. The van der Waals surface area contributed by atoms with Gasteiger partial charge in [0.15, 0.2) is 0 Å². The minimum Gasteiger partial charge on any atom is -0.422 e. The Hall–Kier alpha value is -2.14. The van der Waals surface area contributed by atoms with Gasteiger partial charge in [-0.1, -0.05) is 18.2 Å². The van der Waals surface area contributed by atoms with Gasteiger partial charge < -0.3 is 15.1 Å². The molecule has 2 aromatic rings. The molecule has 1 fully saturated rings. The lowest BCUT2D eigenvalue weighted by Crippen LogP contribution is -2.41. The molecule has 1 unspecified atom stereocenters. The fraction of sp³-hybridized carbons (Fsp3) is 0.333. The van der Waals surface area contributed by atoms with Crippen molar-refractivity contribution in [2.45, 2.75) is 18.9 Å². The molecule has 0 bridgehead atoms. The van der Waals surface area contributed by atoms with Crippen molar-refractivity contribution in [3.63, 3.8) is 0 Å². The number of rotatable bonds is 2. The number of fused-ring (bicyclic) bond motifs is 1. The first kappa shape index (κ1) is 12.9. The van der Waals surface area contributed by atoms with Gasteiger partial charge in [-0.3, -0.25) is 4.79 Å². The van der Waals surface area contributed by atoms with E-state index < -0.39 is 5.63 Å². The van der Waals surface area contributed by atoms with Crippen LogP contribution in [0.15, 0.2) is 39.5 Å². The van der Waals surface area contributed by atoms with Crippen LogP contribution in [-0.4, -0.2) is 29.9 Å². The van der Waals surface area contributed by atoms with Crippen LogP contribution in [0, 0.1) is 0 Å². The summed E-state index contributed by atoms with van der Waals surface area (Å²) in [5, 5.41) is 0.749. The maximum atomic E-state index is 12.5. The molecule has 1 saturated heterocycles. The monoisotopic (exact) mass is 272 g/mol. The molecule has 3 rings (SSSR count). The Bertz CT molecular complexity index is 708. The summed E-state index contributed by atoms with van der Waals surface area (Å²) >= 11 is 0. The smallest absolute Gasteiger partial charge is 0.349 e. The van der Waals surface area contributed by atoms with Gasteiger partial charge in [0.1, 0.15) is 11.1 Å². The molecule has 0 radical (unpaired) electrons. The molecular weight excluding hydrogens is 256 g/mol. The van der Waals surface area contributed by atoms with Crippen molar-refractivity contribution < 1.29 is 9.21 Å². The Morgan fingerprint density at radius 3 is 3.00 bits per heavy atom. The quantitative estimate of drug-likeness (QED) is 0.837. The van der Waals surface area contributed by atoms with Gasteiger partial charge in [0.2, 0.25) is 0 Å². The Kier molecular flexibility index (Phi) is 3.28. The average Bonchev–Trinajstić information content (AvgIpc) is 2.94. The first-order chi connectivity index (χ1) is 9.70. The maximum Gasteiger partial charge on any atom is 0.349 e. The van der Waals surface area contributed by atoms with Gasteiger partial charge in [-0.15, -0.1) is 0 Å². The lowest BCUT2D eigenvalue weighted by atomic mass is 10.1. The standard InChI is InChI=1S/C15H16N2O3/c16-9-11-5-3-7-17(11)14(18)12-8-10-4-1-2-6-13(10)20-15(12)19/h1-2,4,6,8,11H,3,5,7,9,16H2. The predicted molar refractivity (Wildman–Crippen MR) is 75.6 cm³/mol. The Balaban J connectivity index is 2.03. The number of carbonyl (C=O) groups excluding carboxylic acids is 1. The van der Waals surface area contributed by atoms with Crippen molar-refractivity contribution in [2.75, 3.05) is 13.1 Å². The van der Waals surface area contributed by atoms with Crippen molar-refractivity contribution in [1.82, 2.24) is 4.90 Å². The SMILES string of the molecule is NCC1CCCN1C(=O)c1cc2ccccc2oc1=O. The molecule has 0 saturated carbocycles. The van der Waals surface area contributed by atoms with E-state index >= 15 is 0 Å². The lowest BCUT2D eigenvalue weighted by Gasteiger charge is -2.22. The number of hydrogen-bond acceptors (Lipinski definition) is 4. The van der Waals surface area contributed by atoms with Gasteiger partial charge >= 0.3 is 5.63 Å². The first-order valence-electron chi connectivity index (χ1n) is 6.74. The van der Waals surface area contributed by atoms with E-state index in [1.54, 1.807) is 23.1 Å². The number of nitrogens with zero attached hydrogens (tertiary/aromatic N) is 1. The molecule has 1 aromatic carbocycles. The van der Waals surface area contributed by atoms with Gasteiger partial charge in [0, 0.05) is 24.5 Å². The Morgan fingerprint density at radius 1 is 1.40 bits per heavy atom. The highest BCUT2D eigenvalue weighted by atomic mass is 16.4. The van der Waals surface area contributed by atoms with Crippen LogP contribution < -0.4 is 11.4 Å². The van der Waals surface area contributed by atoms with Crippen LogP contribution in [0.2, 0.25) is 0 Å². The molecule has 1 aliphatic rings. The molecule has 0 spiro atoms. The topological polar surface area (TPSA) is 76.5 Å². The van der Waals surface area contributed by atoms with E-state index in [0.717, 1.165) is 18.2 Å². The third-order valence-corrected chi connectivity index (χ3v) is 3.78. The van der Waals surface area contributed by atoms with Gasteiger partial charge in [0.05, 0.1) is 0 Å². The molecule has 20 heavy (non-hydrogen) atoms. The van der Waals surface area contributed by atoms with Crippen molar-refractivity contribution in [3.8, 4) is 0 Å². The summed E-state index contributed by atoms with van der Waals surface area (Å²) in [4.78, 5) is 26.2. The third-order valence-electron chi connectivity index (χ3n) is 3.78. The molecule has 5 heteroatoms. The molecule has 0 aliphatic carbocycles. The van der Waals surface area contributed by atoms with Gasteiger partial charge in [-0.2, -0.15) is 0 Å². The van der Waals surface area contributed by atoms with Crippen LogP contribution in [0.5, 0.6) is 0 Å². The fourth-order valence-corrected chi connectivity index (χ4v) is 2.71. The second-order valence-corrected chi connectivity index (χ2v) is 5.02. The number of benzene rings is 1. The zero-order valence-electron chi connectivity index (χ0n) is 11.0. The minimum absolute atomic E-state index is 0.0216. The number of amides is 1. The van der Waals surface area contributed by atoms with Crippen molar-refractivity contribution >= 4 is 16.9 Å². The molecule has 1 aliphatic heterocycles. The highest BCUT2D eigenvalue weighted by Gasteiger charge is 2.30. The van der Waals surface area contributed by atoms with E-state index in [1.807, 2.05) is 12.1 Å². The zero-order valence-corrected chi connectivity index (χ0v) is 11.0. The van der Waals surface area contributed by atoms with Crippen LogP contribution >= 0.6 is 0 Å². The summed E-state index contributed by atoms with van der Waals surface area (Å²) in [5.41, 5.74) is 5.67. The second kappa shape index (κ2) is 5.09. The lowest BCUT2D eigenvalue weighted by molar-refractivity contribution is 0.0737. The number of nitrogens with two attached hydrogens (primary N) is 1. The molecule has 2 heterocycles. The second-order valence-electron chi connectivity index (χ2n) is 5.02. The van der Waals surface area contributed by atoms with Crippen molar-refractivity contribution in [2.24, 2.45) is 5.73 Å². The summed E-state index contributed by atoms with van der Waals surface area (Å²) in [5.74, 6) is -0.280. The highest BCUT2D eigenvalue weighted by molar-refractivity contribution is 5.97. The van der Waals surface area contributed by atoms with Gasteiger partial charge in [0.25, 0.3) is 5.91 Å². The normalized spacial score (nSPS) is 18.6. The van der Waals surface area contributed by atoms with E-state index in [1.165, 1.54) is 0 Å². The Labute approximate surface area is 116 Å². The summed E-state index contributed by atoms with van der Waals surface area (Å²) in [6.45, 7) is 1.07. The average molecular weight is 272 g/mol. The van der Waals surface area contributed by atoms with E-state index in [-0.39, 0.29) is 17.5 Å². The minimum atomic E-state index is -0.587. The van der Waals surface area contributed by atoms with Crippen LogP contribution in [0.25, 0.3) is 11.0 Å². The first-order valence-corrected chi connectivity index (χ1v) is 6.74.